The minimum absolute atomic E-state index is 0.0522. The molecule has 0 radical (unpaired) electrons. The Bertz CT molecular complexity index is 333. The van der Waals surface area contributed by atoms with Crippen LogP contribution in [0, 0.1) is 0 Å². The van der Waals surface area contributed by atoms with Gasteiger partial charge < -0.3 is 5.32 Å². The number of nitrogens with one attached hydrogen (secondary N) is 1. The first-order chi connectivity index (χ1) is 7.22. The van der Waals surface area contributed by atoms with Gasteiger partial charge in [-0.1, -0.05) is 37.3 Å². The van der Waals surface area contributed by atoms with Crippen molar-refractivity contribution >= 4 is 11.7 Å². The van der Waals surface area contributed by atoms with Crippen molar-refractivity contribution in [1.82, 2.24) is 5.32 Å². The van der Waals surface area contributed by atoms with Crippen molar-refractivity contribution in [2.24, 2.45) is 0 Å². The van der Waals surface area contributed by atoms with E-state index in [2.05, 4.69) is 5.32 Å². The minimum atomic E-state index is -0.108. The second kappa shape index (κ2) is 5.96. The molecule has 0 aliphatic heterocycles. The van der Waals surface area contributed by atoms with Gasteiger partial charge in [0.1, 0.15) is 0 Å². The molecule has 0 aliphatic rings. The van der Waals surface area contributed by atoms with Crippen LogP contribution in [0.3, 0.4) is 0 Å². The average Bonchev–Trinajstić information content (AvgIpc) is 2.27. The Morgan fingerprint density at radius 3 is 2.47 bits per heavy atom. The summed E-state index contributed by atoms with van der Waals surface area (Å²) >= 11 is 0. The Hall–Kier alpha value is -1.64. The van der Waals surface area contributed by atoms with E-state index in [1.165, 1.54) is 0 Å². The zero-order valence-electron chi connectivity index (χ0n) is 8.82. The van der Waals surface area contributed by atoms with Crippen molar-refractivity contribution in [2.45, 2.75) is 19.8 Å². The van der Waals surface area contributed by atoms with E-state index in [0.29, 0.717) is 12.8 Å². The quantitative estimate of drug-likeness (QED) is 0.788. The Balaban J connectivity index is 2.34. The molecule has 0 saturated heterocycles. The van der Waals surface area contributed by atoms with E-state index in [0.717, 1.165) is 5.56 Å². The molecule has 1 amide bonds. The van der Waals surface area contributed by atoms with Gasteiger partial charge in [0.2, 0.25) is 5.91 Å². The molecule has 0 unspecified atom stereocenters. The van der Waals surface area contributed by atoms with Gasteiger partial charge in [0, 0.05) is 6.42 Å². The van der Waals surface area contributed by atoms with Gasteiger partial charge >= 0.3 is 0 Å². The maximum Gasteiger partial charge on any atom is 0.224 e. The number of Topliss-reactive ketones (excluding diaryl/α,β-unsaturated/α-hetero) is 1. The third kappa shape index (κ3) is 4.40. The summed E-state index contributed by atoms with van der Waals surface area (Å²) < 4.78 is 0. The smallest absolute Gasteiger partial charge is 0.224 e. The summed E-state index contributed by atoms with van der Waals surface area (Å²) in [6.07, 6.45) is 0.795. The highest BCUT2D eigenvalue weighted by Crippen LogP contribution is 1.98. The van der Waals surface area contributed by atoms with Crippen molar-refractivity contribution in [3.63, 3.8) is 0 Å². The summed E-state index contributed by atoms with van der Waals surface area (Å²) in [7, 11) is 0. The molecule has 80 valence electrons. The zero-order valence-corrected chi connectivity index (χ0v) is 8.82. The van der Waals surface area contributed by atoms with E-state index in [-0.39, 0.29) is 18.2 Å². The van der Waals surface area contributed by atoms with Crippen LogP contribution in [0.5, 0.6) is 0 Å². The zero-order chi connectivity index (χ0) is 11.1. The number of hydrogen-bond donors (Lipinski definition) is 1. The molecule has 0 aromatic heterocycles. The van der Waals surface area contributed by atoms with Crippen LogP contribution in [0.2, 0.25) is 0 Å². The maximum absolute atomic E-state index is 11.4. The molecule has 0 fully saturated rings. The molecule has 1 aromatic rings. The van der Waals surface area contributed by atoms with E-state index in [1.807, 2.05) is 30.3 Å². The summed E-state index contributed by atoms with van der Waals surface area (Å²) in [5.41, 5.74) is 0.957. The van der Waals surface area contributed by atoms with Crippen LogP contribution in [0.1, 0.15) is 18.9 Å². The van der Waals surface area contributed by atoms with Crippen LogP contribution in [0.4, 0.5) is 0 Å². The number of carbonyl (C=O) groups excluding carboxylic acids is 2. The fourth-order valence-corrected chi connectivity index (χ4v) is 1.17. The molecule has 0 heterocycles. The first kappa shape index (κ1) is 11.4. The Morgan fingerprint density at radius 2 is 1.87 bits per heavy atom. The van der Waals surface area contributed by atoms with Crippen molar-refractivity contribution in [3.05, 3.63) is 35.9 Å². The largest absolute Gasteiger partial charge is 0.349 e. The van der Waals surface area contributed by atoms with E-state index >= 15 is 0 Å². The van der Waals surface area contributed by atoms with Crippen molar-refractivity contribution in [3.8, 4) is 0 Å². The summed E-state index contributed by atoms with van der Waals surface area (Å²) in [4.78, 5) is 22.3. The third-order valence-electron chi connectivity index (χ3n) is 2.08. The predicted octanol–water partition coefficient (Wildman–Crippen LogP) is 1.32. The average molecular weight is 205 g/mol. The van der Waals surface area contributed by atoms with Gasteiger partial charge in [0.15, 0.2) is 5.78 Å². The molecular formula is C12H15NO2. The second-order valence-electron chi connectivity index (χ2n) is 3.33. The van der Waals surface area contributed by atoms with Crippen LogP contribution >= 0.6 is 0 Å². The van der Waals surface area contributed by atoms with Gasteiger partial charge in [0.05, 0.1) is 13.0 Å². The standard InChI is InChI=1S/C12H15NO2/c1-2-11(14)9-13-12(15)8-10-6-4-3-5-7-10/h3-7H,2,8-9H2,1H3,(H,13,15). The SMILES string of the molecule is CCC(=O)CNC(=O)Cc1ccccc1. The number of benzene rings is 1. The van der Waals surface area contributed by atoms with Crippen LogP contribution < -0.4 is 5.32 Å². The fraction of sp³-hybridized carbons (Fsp3) is 0.333. The van der Waals surface area contributed by atoms with Gasteiger partial charge in [-0.05, 0) is 5.56 Å². The van der Waals surface area contributed by atoms with Crippen LogP contribution in [-0.2, 0) is 16.0 Å². The van der Waals surface area contributed by atoms with Crippen LogP contribution in [0.15, 0.2) is 30.3 Å². The van der Waals surface area contributed by atoms with Gasteiger partial charge in [-0.3, -0.25) is 9.59 Å². The molecule has 0 aliphatic carbocycles. The molecule has 1 aromatic carbocycles. The van der Waals surface area contributed by atoms with Crippen molar-refractivity contribution < 1.29 is 9.59 Å². The highest BCUT2D eigenvalue weighted by Gasteiger charge is 2.04. The first-order valence-electron chi connectivity index (χ1n) is 5.04. The van der Waals surface area contributed by atoms with Gasteiger partial charge in [-0.2, -0.15) is 0 Å². The van der Waals surface area contributed by atoms with Gasteiger partial charge in [-0.15, -0.1) is 0 Å². The molecule has 3 heteroatoms. The predicted molar refractivity (Wildman–Crippen MR) is 58.5 cm³/mol. The maximum atomic E-state index is 11.4. The monoisotopic (exact) mass is 205 g/mol. The summed E-state index contributed by atoms with van der Waals surface area (Å²) in [6.45, 7) is 1.92. The van der Waals surface area contributed by atoms with E-state index < -0.39 is 0 Å². The molecule has 1 rings (SSSR count). The molecule has 0 atom stereocenters. The van der Waals surface area contributed by atoms with Gasteiger partial charge in [-0.25, -0.2) is 0 Å². The van der Waals surface area contributed by atoms with Crippen LogP contribution in [0.25, 0.3) is 0 Å². The highest BCUT2D eigenvalue weighted by molar-refractivity contribution is 5.86. The Labute approximate surface area is 89.5 Å². The van der Waals surface area contributed by atoms with Crippen LogP contribution in [-0.4, -0.2) is 18.2 Å². The summed E-state index contributed by atoms with van der Waals surface area (Å²) in [5.74, 6) is -0.0561. The Morgan fingerprint density at radius 1 is 1.20 bits per heavy atom. The first-order valence-corrected chi connectivity index (χ1v) is 5.04. The third-order valence-corrected chi connectivity index (χ3v) is 2.08. The number of amides is 1. The molecule has 3 nitrogen and oxygen atoms in total. The lowest BCUT2D eigenvalue weighted by Crippen LogP contribution is -2.30. The minimum Gasteiger partial charge on any atom is -0.349 e. The Kier molecular flexibility index (Phi) is 4.54. The lowest BCUT2D eigenvalue weighted by atomic mass is 10.1. The number of carbonyl (C=O) groups is 2. The lowest BCUT2D eigenvalue weighted by Gasteiger charge is -2.03. The topological polar surface area (TPSA) is 46.2 Å². The van der Waals surface area contributed by atoms with E-state index in [1.54, 1.807) is 6.92 Å². The number of rotatable bonds is 5. The lowest BCUT2D eigenvalue weighted by molar-refractivity contribution is -0.124. The summed E-state index contributed by atoms with van der Waals surface area (Å²) in [5, 5.41) is 2.59. The normalized spacial score (nSPS) is 9.67. The van der Waals surface area contributed by atoms with Crippen molar-refractivity contribution in [2.75, 3.05) is 6.54 Å². The molecule has 0 bridgehead atoms. The van der Waals surface area contributed by atoms with Crippen molar-refractivity contribution in [1.29, 1.82) is 0 Å². The highest BCUT2D eigenvalue weighted by atomic mass is 16.2. The molecule has 1 N–H and O–H groups in total. The molecular weight excluding hydrogens is 190 g/mol. The summed E-state index contributed by atoms with van der Waals surface area (Å²) in [6, 6.07) is 9.46. The van der Waals surface area contributed by atoms with Gasteiger partial charge in [0.25, 0.3) is 0 Å². The van der Waals surface area contributed by atoms with E-state index in [9.17, 15) is 9.59 Å². The molecule has 0 saturated carbocycles. The molecule has 0 spiro atoms. The van der Waals surface area contributed by atoms with E-state index in [4.69, 9.17) is 0 Å². The molecule has 15 heavy (non-hydrogen) atoms. The second-order valence-corrected chi connectivity index (χ2v) is 3.33. The number of hydrogen-bond acceptors (Lipinski definition) is 2. The fourth-order valence-electron chi connectivity index (χ4n) is 1.17. The number of ketones is 1.